The lowest BCUT2D eigenvalue weighted by atomic mass is 10.3. The van der Waals surface area contributed by atoms with Crippen molar-refractivity contribution in [3.8, 4) is 6.07 Å². The van der Waals surface area contributed by atoms with Gasteiger partial charge < -0.3 is 5.32 Å². The molecule has 0 saturated carbocycles. The lowest BCUT2D eigenvalue weighted by Crippen LogP contribution is -2.26. The van der Waals surface area contributed by atoms with E-state index in [1.807, 2.05) is 38.1 Å². The molecule has 2 rings (SSSR count). The fraction of sp³-hybridized carbons (Fsp3) is 0.368. The number of nitriles is 1. The number of aryl methyl sites for hydroxylation is 1. The van der Waals surface area contributed by atoms with Gasteiger partial charge in [-0.1, -0.05) is 32.4 Å². The van der Waals surface area contributed by atoms with E-state index in [4.69, 9.17) is 5.26 Å². The number of para-hydroxylation sites is 1. The van der Waals surface area contributed by atoms with Crippen molar-refractivity contribution in [2.24, 2.45) is 0 Å². The van der Waals surface area contributed by atoms with Crippen LogP contribution >= 0.6 is 11.8 Å². The average molecular weight is 370 g/mol. The maximum atomic E-state index is 12.6. The van der Waals surface area contributed by atoms with Crippen LogP contribution in [0.3, 0.4) is 0 Å². The molecule has 1 aromatic carbocycles. The summed E-state index contributed by atoms with van der Waals surface area (Å²) in [6.45, 7) is 4.50. The van der Waals surface area contributed by atoms with Crippen molar-refractivity contribution in [2.45, 2.75) is 49.8 Å². The summed E-state index contributed by atoms with van der Waals surface area (Å²) in [6.07, 6.45) is 2.20. The second-order valence-electron chi connectivity index (χ2n) is 5.87. The van der Waals surface area contributed by atoms with Gasteiger partial charge >= 0.3 is 0 Å². The van der Waals surface area contributed by atoms with Crippen molar-refractivity contribution >= 4 is 23.4 Å². The Bertz CT molecular complexity index is 857. The van der Waals surface area contributed by atoms with Crippen molar-refractivity contribution in [3.05, 3.63) is 52.4 Å². The molecule has 0 bridgehead atoms. The highest BCUT2D eigenvalue weighted by molar-refractivity contribution is 8.00. The Kier molecular flexibility index (Phi) is 7.42. The maximum absolute atomic E-state index is 12.6. The number of hydrogen-bond donors (Lipinski definition) is 1. The van der Waals surface area contributed by atoms with Gasteiger partial charge in [0.1, 0.15) is 5.69 Å². The van der Waals surface area contributed by atoms with Crippen molar-refractivity contribution in [3.63, 3.8) is 0 Å². The van der Waals surface area contributed by atoms with E-state index in [1.54, 1.807) is 0 Å². The third-order valence-electron chi connectivity index (χ3n) is 3.66. The van der Waals surface area contributed by atoms with Crippen molar-refractivity contribution in [2.75, 3.05) is 5.32 Å². The zero-order chi connectivity index (χ0) is 18.9. The van der Waals surface area contributed by atoms with Crippen LogP contribution in [0.15, 0.2) is 46.1 Å². The van der Waals surface area contributed by atoms with Gasteiger partial charge in [-0.3, -0.25) is 9.59 Å². The molecule has 1 heterocycles. The maximum Gasteiger partial charge on any atom is 0.276 e. The van der Waals surface area contributed by atoms with Crippen LogP contribution in [0.5, 0.6) is 0 Å². The number of anilines is 1. The number of rotatable bonds is 8. The summed E-state index contributed by atoms with van der Waals surface area (Å²) >= 11 is 1.54. The number of hydrogen-bond acceptors (Lipinski definition) is 5. The summed E-state index contributed by atoms with van der Waals surface area (Å²) < 4.78 is 1.33. The first-order valence-corrected chi connectivity index (χ1v) is 9.45. The normalized spacial score (nSPS) is 11.6. The Morgan fingerprint density at radius 2 is 2.12 bits per heavy atom. The van der Waals surface area contributed by atoms with Crippen molar-refractivity contribution < 1.29 is 4.79 Å². The number of carbonyl (C=O) groups excluding carboxylic acids is 1. The number of amides is 1. The van der Waals surface area contributed by atoms with Gasteiger partial charge in [-0.2, -0.15) is 10.4 Å². The van der Waals surface area contributed by atoms with Gasteiger partial charge in [0.2, 0.25) is 0 Å². The lowest BCUT2D eigenvalue weighted by Gasteiger charge is -2.13. The topological polar surface area (TPSA) is 87.8 Å². The molecule has 0 aliphatic carbocycles. The molecule has 136 valence electrons. The third kappa shape index (κ3) is 5.46. The molecule has 0 unspecified atom stereocenters. The van der Waals surface area contributed by atoms with Crippen LogP contribution in [0.1, 0.15) is 43.6 Å². The van der Waals surface area contributed by atoms with E-state index in [1.165, 1.54) is 28.6 Å². The molecule has 1 atom stereocenters. The van der Waals surface area contributed by atoms with Crippen LogP contribution in [0.4, 0.5) is 5.69 Å². The SMILES string of the molecule is CCCCn1nc(C(=O)Nc2ccccc2S[C@@H](C)CC#N)ccc1=O. The van der Waals surface area contributed by atoms with Crippen molar-refractivity contribution in [1.29, 1.82) is 5.26 Å². The molecule has 0 spiro atoms. The molecule has 0 radical (unpaired) electrons. The molecule has 0 saturated heterocycles. The van der Waals surface area contributed by atoms with E-state index in [-0.39, 0.29) is 22.4 Å². The minimum absolute atomic E-state index is 0.118. The summed E-state index contributed by atoms with van der Waals surface area (Å²) in [5, 5.41) is 16.0. The number of carbonyl (C=O) groups is 1. The first-order chi connectivity index (χ1) is 12.5. The van der Waals surface area contributed by atoms with Crippen LogP contribution in [0.2, 0.25) is 0 Å². The number of nitrogens with one attached hydrogen (secondary N) is 1. The first-order valence-electron chi connectivity index (χ1n) is 8.57. The smallest absolute Gasteiger partial charge is 0.276 e. The van der Waals surface area contributed by atoms with Crippen LogP contribution in [-0.2, 0) is 6.54 Å². The van der Waals surface area contributed by atoms with Gasteiger partial charge in [-0.15, -0.1) is 11.8 Å². The summed E-state index contributed by atoms with van der Waals surface area (Å²) in [6, 6.07) is 12.4. The zero-order valence-electron chi connectivity index (χ0n) is 14.9. The molecule has 0 aliphatic heterocycles. The Morgan fingerprint density at radius 1 is 1.35 bits per heavy atom. The largest absolute Gasteiger partial charge is 0.320 e. The summed E-state index contributed by atoms with van der Waals surface area (Å²) in [4.78, 5) is 25.3. The molecular formula is C19H22N4O2S. The predicted octanol–water partition coefficient (Wildman–Crippen LogP) is 3.69. The number of unbranched alkanes of at least 4 members (excludes halogenated alkanes) is 1. The standard InChI is InChI=1S/C19H22N4O2S/c1-3-4-13-23-18(24)10-9-16(22-23)19(25)21-15-7-5-6-8-17(15)26-14(2)11-12-20/h5-10,14H,3-4,11,13H2,1-2H3,(H,21,25)/t14-/m0/s1. The number of nitrogens with zero attached hydrogens (tertiary/aromatic N) is 3. The molecular weight excluding hydrogens is 348 g/mol. The molecule has 2 aromatic rings. The van der Waals surface area contributed by atoms with Crippen molar-refractivity contribution in [1.82, 2.24) is 9.78 Å². The molecule has 6 nitrogen and oxygen atoms in total. The number of benzene rings is 1. The molecule has 1 N–H and O–H groups in total. The summed E-state index contributed by atoms with van der Waals surface area (Å²) in [7, 11) is 0. The van der Waals surface area contributed by atoms with E-state index in [0.717, 1.165) is 17.7 Å². The Labute approximate surface area is 157 Å². The first kappa shape index (κ1) is 19.7. The average Bonchev–Trinajstić information content (AvgIpc) is 2.62. The van der Waals surface area contributed by atoms with E-state index in [9.17, 15) is 9.59 Å². The van der Waals surface area contributed by atoms with E-state index >= 15 is 0 Å². The van der Waals surface area contributed by atoms with E-state index in [2.05, 4.69) is 16.5 Å². The van der Waals surface area contributed by atoms with Gasteiger partial charge in [0.15, 0.2) is 0 Å². The molecule has 1 amide bonds. The van der Waals surface area contributed by atoms with E-state index in [0.29, 0.717) is 18.7 Å². The molecule has 1 aromatic heterocycles. The fourth-order valence-corrected chi connectivity index (χ4v) is 3.28. The van der Waals surface area contributed by atoms with Gasteiger partial charge in [-0.05, 0) is 24.6 Å². The highest BCUT2D eigenvalue weighted by atomic mass is 32.2. The Balaban J connectivity index is 2.18. The van der Waals surface area contributed by atoms with Crippen LogP contribution in [0.25, 0.3) is 0 Å². The van der Waals surface area contributed by atoms with Gasteiger partial charge in [0.25, 0.3) is 11.5 Å². The Morgan fingerprint density at radius 3 is 2.85 bits per heavy atom. The molecule has 26 heavy (non-hydrogen) atoms. The second kappa shape index (κ2) is 9.78. The number of thioether (sulfide) groups is 1. The predicted molar refractivity (Wildman–Crippen MR) is 103 cm³/mol. The Hall–Kier alpha value is -2.59. The van der Waals surface area contributed by atoms with Gasteiger partial charge in [-0.25, -0.2) is 4.68 Å². The highest BCUT2D eigenvalue weighted by Gasteiger charge is 2.14. The van der Waals surface area contributed by atoms with Crippen LogP contribution in [-0.4, -0.2) is 20.9 Å². The molecule has 0 aliphatic rings. The number of aromatic nitrogens is 2. The lowest BCUT2D eigenvalue weighted by molar-refractivity contribution is 0.101. The van der Waals surface area contributed by atoms with Crippen LogP contribution < -0.4 is 10.9 Å². The zero-order valence-corrected chi connectivity index (χ0v) is 15.8. The summed E-state index contributed by atoms with van der Waals surface area (Å²) in [5.74, 6) is -0.365. The molecule has 7 heteroatoms. The monoisotopic (exact) mass is 370 g/mol. The quantitative estimate of drug-likeness (QED) is 0.716. The van der Waals surface area contributed by atoms with Gasteiger partial charge in [0.05, 0.1) is 11.8 Å². The minimum atomic E-state index is -0.365. The van der Waals surface area contributed by atoms with E-state index < -0.39 is 0 Å². The second-order valence-corrected chi connectivity index (χ2v) is 7.35. The highest BCUT2D eigenvalue weighted by Crippen LogP contribution is 2.31. The minimum Gasteiger partial charge on any atom is -0.320 e. The molecule has 0 fully saturated rings. The van der Waals surface area contributed by atoms with Gasteiger partial charge in [0, 0.05) is 29.2 Å². The fourth-order valence-electron chi connectivity index (χ4n) is 2.28. The van der Waals surface area contributed by atoms with Crippen LogP contribution in [0, 0.1) is 11.3 Å². The summed E-state index contributed by atoms with van der Waals surface area (Å²) in [5.41, 5.74) is 0.655. The third-order valence-corrected chi connectivity index (χ3v) is 4.84.